The third kappa shape index (κ3) is 2.68. The number of halogens is 3. The van der Waals surface area contributed by atoms with Crippen LogP contribution in [-0.4, -0.2) is 5.78 Å². The summed E-state index contributed by atoms with van der Waals surface area (Å²) in [5.41, 5.74) is 0.212. The van der Waals surface area contributed by atoms with E-state index in [1.165, 1.54) is 23.5 Å². The third-order valence-electron chi connectivity index (χ3n) is 2.27. The summed E-state index contributed by atoms with van der Waals surface area (Å²) in [6, 6.07) is 5.99. The van der Waals surface area contributed by atoms with E-state index in [9.17, 15) is 9.18 Å². The maximum atomic E-state index is 13.5. The molecule has 1 nitrogen and oxygen atoms in total. The number of benzene rings is 1. The fourth-order valence-corrected chi connectivity index (χ4v) is 2.77. The largest absolute Gasteiger partial charge is 0.293 e. The molecule has 2 aromatic rings. The minimum atomic E-state index is -0.474. The van der Waals surface area contributed by atoms with Gasteiger partial charge in [0.05, 0.1) is 9.90 Å². The summed E-state index contributed by atoms with van der Waals surface area (Å²) in [4.78, 5) is 12.3. The summed E-state index contributed by atoms with van der Waals surface area (Å²) in [7, 11) is 0. The first-order valence-electron chi connectivity index (χ1n) is 4.78. The zero-order valence-corrected chi connectivity index (χ0v) is 10.9. The van der Waals surface area contributed by atoms with E-state index < -0.39 is 5.82 Å². The molecule has 0 bridgehead atoms. The van der Waals surface area contributed by atoms with Crippen LogP contribution in [0.3, 0.4) is 0 Å². The molecule has 0 aliphatic carbocycles. The van der Waals surface area contributed by atoms with Crippen LogP contribution in [0.5, 0.6) is 0 Å². The van der Waals surface area contributed by atoms with Gasteiger partial charge in [-0.15, -0.1) is 11.3 Å². The fraction of sp³-hybridized carbons (Fsp3) is 0.0833. The molecule has 0 amide bonds. The standard InChI is InChI=1S/C12H7Cl2FOS/c13-8-2-1-3-10(15)7(8)6-11(16)12-9(14)4-5-17-12/h1-5H,6H2. The van der Waals surface area contributed by atoms with Gasteiger partial charge >= 0.3 is 0 Å². The van der Waals surface area contributed by atoms with E-state index in [1.807, 2.05) is 0 Å². The Bertz CT molecular complexity index is 545. The van der Waals surface area contributed by atoms with Gasteiger partial charge in [0.2, 0.25) is 0 Å². The Morgan fingerprint density at radius 3 is 2.59 bits per heavy atom. The van der Waals surface area contributed by atoms with Crippen molar-refractivity contribution in [3.8, 4) is 0 Å². The highest BCUT2D eigenvalue weighted by atomic mass is 35.5. The Balaban J connectivity index is 2.28. The van der Waals surface area contributed by atoms with Crippen molar-refractivity contribution in [2.45, 2.75) is 6.42 Å². The highest BCUT2D eigenvalue weighted by Crippen LogP contribution is 2.26. The number of rotatable bonds is 3. The van der Waals surface area contributed by atoms with E-state index >= 15 is 0 Å². The maximum Gasteiger partial charge on any atom is 0.178 e. The molecule has 0 N–H and O–H groups in total. The normalized spacial score (nSPS) is 10.5. The number of carbonyl (C=O) groups is 1. The SMILES string of the molecule is O=C(Cc1c(F)cccc1Cl)c1sccc1Cl. The van der Waals surface area contributed by atoms with Crippen molar-refractivity contribution in [3.05, 3.63) is 55.9 Å². The van der Waals surface area contributed by atoms with Crippen LogP contribution in [0.4, 0.5) is 4.39 Å². The lowest BCUT2D eigenvalue weighted by Gasteiger charge is -2.04. The number of hydrogen-bond donors (Lipinski definition) is 0. The van der Waals surface area contributed by atoms with Crippen molar-refractivity contribution >= 4 is 40.3 Å². The molecule has 0 fully saturated rings. The first-order valence-corrected chi connectivity index (χ1v) is 6.42. The fourth-order valence-electron chi connectivity index (χ4n) is 1.43. The van der Waals surface area contributed by atoms with E-state index in [1.54, 1.807) is 17.5 Å². The number of Topliss-reactive ketones (excluding diaryl/α,β-unsaturated/α-hetero) is 1. The average Bonchev–Trinajstić information content (AvgIpc) is 2.70. The minimum absolute atomic E-state index is 0.0776. The van der Waals surface area contributed by atoms with Gasteiger partial charge in [-0.3, -0.25) is 4.79 Å². The highest BCUT2D eigenvalue weighted by molar-refractivity contribution is 7.12. The lowest BCUT2D eigenvalue weighted by atomic mass is 10.1. The van der Waals surface area contributed by atoms with Crippen molar-refractivity contribution in [1.82, 2.24) is 0 Å². The van der Waals surface area contributed by atoms with Gasteiger partial charge in [0.15, 0.2) is 5.78 Å². The maximum absolute atomic E-state index is 13.5. The second kappa shape index (κ2) is 5.17. The molecule has 0 unspecified atom stereocenters. The zero-order valence-electron chi connectivity index (χ0n) is 8.54. The topological polar surface area (TPSA) is 17.1 Å². The van der Waals surface area contributed by atoms with E-state index in [0.29, 0.717) is 9.90 Å². The monoisotopic (exact) mass is 288 g/mol. The first-order chi connectivity index (χ1) is 8.09. The van der Waals surface area contributed by atoms with Crippen LogP contribution in [0.2, 0.25) is 10.0 Å². The smallest absolute Gasteiger partial charge is 0.178 e. The number of carbonyl (C=O) groups excluding carboxylic acids is 1. The number of thiophene rings is 1. The van der Waals surface area contributed by atoms with Crippen molar-refractivity contribution < 1.29 is 9.18 Å². The molecule has 0 spiro atoms. The van der Waals surface area contributed by atoms with Gasteiger partial charge in [-0.2, -0.15) is 0 Å². The molecular formula is C12H7Cl2FOS. The molecule has 2 rings (SSSR count). The molecule has 0 saturated carbocycles. The third-order valence-corrected chi connectivity index (χ3v) is 4.01. The summed E-state index contributed by atoms with van der Waals surface area (Å²) in [6.07, 6.45) is -0.0776. The van der Waals surface area contributed by atoms with E-state index in [0.717, 1.165) is 0 Å². The van der Waals surface area contributed by atoms with Gasteiger partial charge in [-0.1, -0.05) is 29.3 Å². The summed E-state index contributed by atoms with van der Waals surface area (Å²) in [5, 5.41) is 2.37. The van der Waals surface area contributed by atoms with Crippen LogP contribution < -0.4 is 0 Å². The van der Waals surface area contributed by atoms with E-state index in [4.69, 9.17) is 23.2 Å². The Hall–Kier alpha value is -0.900. The molecule has 5 heteroatoms. The molecule has 0 aliphatic heterocycles. The van der Waals surface area contributed by atoms with Gasteiger partial charge in [0.25, 0.3) is 0 Å². The second-order valence-electron chi connectivity index (χ2n) is 3.40. The molecule has 1 aromatic heterocycles. The predicted octanol–water partition coefficient (Wildman–Crippen LogP) is 4.62. The summed E-state index contributed by atoms with van der Waals surface area (Å²) in [5.74, 6) is -0.699. The van der Waals surface area contributed by atoms with Crippen LogP contribution in [-0.2, 0) is 6.42 Å². The van der Waals surface area contributed by atoms with E-state index in [-0.39, 0.29) is 22.8 Å². The lowest BCUT2D eigenvalue weighted by molar-refractivity contribution is 0.0996. The molecule has 88 valence electrons. The summed E-state index contributed by atoms with van der Waals surface area (Å²) in [6.45, 7) is 0. The van der Waals surface area contributed by atoms with Crippen LogP contribution in [0.25, 0.3) is 0 Å². The molecular weight excluding hydrogens is 282 g/mol. The van der Waals surface area contributed by atoms with E-state index in [2.05, 4.69) is 0 Å². The van der Waals surface area contributed by atoms with Gasteiger partial charge in [0.1, 0.15) is 5.82 Å². The Labute approximate surface area is 112 Å². The molecule has 1 heterocycles. The second-order valence-corrected chi connectivity index (χ2v) is 5.13. The summed E-state index contributed by atoms with van der Waals surface area (Å²) >= 11 is 12.9. The Morgan fingerprint density at radius 1 is 1.24 bits per heavy atom. The zero-order chi connectivity index (χ0) is 12.4. The molecule has 17 heavy (non-hydrogen) atoms. The van der Waals surface area contributed by atoms with Gasteiger partial charge < -0.3 is 0 Å². The minimum Gasteiger partial charge on any atom is -0.293 e. The van der Waals surface area contributed by atoms with Crippen LogP contribution >= 0.6 is 34.5 Å². The predicted molar refractivity (Wildman–Crippen MR) is 68.8 cm³/mol. The lowest BCUT2D eigenvalue weighted by Crippen LogP contribution is -2.04. The quantitative estimate of drug-likeness (QED) is 0.753. The molecule has 0 radical (unpaired) electrons. The van der Waals surface area contributed by atoms with Crippen molar-refractivity contribution in [1.29, 1.82) is 0 Å². The van der Waals surface area contributed by atoms with Crippen molar-refractivity contribution in [2.75, 3.05) is 0 Å². The van der Waals surface area contributed by atoms with Crippen LogP contribution in [0.1, 0.15) is 15.2 Å². The molecule has 1 aromatic carbocycles. The van der Waals surface area contributed by atoms with Crippen LogP contribution in [0, 0.1) is 5.82 Å². The van der Waals surface area contributed by atoms with Crippen LogP contribution in [0.15, 0.2) is 29.6 Å². The van der Waals surface area contributed by atoms with Crippen molar-refractivity contribution in [3.63, 3.8) is 0 Å². The highest BCUT2D eigenvalue weighted by Gasteiger charge is 2.16. The van der Waals surface area contributed by atoms with Gasteiger partial charge in [-0.25, -0.2) is 4.39 Å². The molecule has 0 aliphatic rings. The number of ketones is 1. The average molecular weight is 289 g/mol. The van der Waals surface area contributed by atoms with Gasteiger partial charge in [-0.05, 0) is 23.6 Å². The van der Waals surface area contributed by atoms with Gasteiger partial charge in [0, 0.05) is 17.0 Å². The Kier molecular flexibility index (Phi) is 3.82. The first kappa shape index (κ1) is 12.6. The molecule has 0 saturated heterocycles. The summed E-state index contributed by atoms with van der Waals surface area (Å²) < 4.78 is 13.5. The number of hydrogen-bond acceptors (Lipinski definition) is 2. The van der Waals surface area contributed by atoms with Crippen molar-refractivity contribution in [2.24, 2.45) is 0 Å². The Morgan fingerprint density at radius 2 is 2.00 bits per heavy atom. The molecule has 0 atom stereocenters.